The van der Waals surface area contributed by atoms with Crippen molar-refractivity contribution >= 4 is 5.91 Å². The molecule has 4 nitrogen and oxygen atoms in total. The van der Waals surface area contributed by atoms with Crippen molar-refractivity contribution in [1.29, 1.82) is 0 Å². The highest BCUT2D eigenvalue weighted by Gasteiger charge is 2.25. The Balaban J connectivity index is 2.39. The molecule has 1 saturated heterocycles. The van der Waals surface area contributed by atoms with Gasteiger partial charge in [-0.05, 0) is 27.2 Å². The largest absolute Gasteiger partial charge is 0.352 e. The number of hydrogen-bond acceptors (Lipinski definition) is 3. The van der Waals surface area contributed by atoms with E-state index < -0.39 is 0 Å². The summed E-state index contributed by atoms with van der Waals surface area (Å²) in [5.74, 6) is 0.167. The van der Waals surface area contributed by atoms with Crippen molar-refractivity contribution in [1.82, 2.24) is 15.5 Å². The summed E-state index contributed by atoms with van der Waals surface area (Å²) in [5.41, 5.74) is 0. The number of rotatable bonds is 5. The molecule has 3 unspecified atom stereocenters. The van der Waals surface area contributed by atoms with Gasteiger partial charge < -0.3 is 10.6 Å². The molecule has 1 amide bonds. The quantitative estimate of drug-likeness (QED) is 0.754. The first-order valence-corrected chi connectivity index (χ1v) is 6.82. The summed E-state index contributed by atoms with van der Waals surface area (Å²) in [6.07, 6.45) is 2.16. The van der Waals surface area contributed by atoms with E-state index in [1.165, 1.54) is 0 Å². The van der Waals surface area contributed by atoms with Gasteiger partial charge in [-0.15, -0.1) is 0 Å². The van der Waals surface area contributed by atoms with Crippen LogP contribution in [0, 0.1) is 0 Å². The van der Waals surface area contributed by atoms with Gasteiger partial charge in [-0.2, -0.15) is 0 Å². The van der Waals surface area contributed by atoms with Crippen LogP contribution in [0.5, 0.6) is 0 Å². The fourth-order valence-corrected chi connectivity index (χ4v) is 2.35. The van der Waals surface area contributed by atoms with Crippen LogP contribution in [-0.2, 0) is 4.79 Å². The lowest BCUT2D eigenvalue weighted by Crippen LogP contribution is -2.56. The zero-order valence-corrected chi connectivity index (χ0v) is 11.6. The first-order chi connectivity index (χ1) is 8.04. The Morgan fingerprint density at radius 3 is 2.82 bits per heavy atom. The fourth-order valence-electron chi connectivity index (χ4n) is 2.35. The smallest absolute Gasteiger partial charge is 0.237 e. The topological polar surface area (TPSA) is 44.4 Å². The van der Waals surface area contributed by atoms with Crippen LogP contribution in [0.25, 0.3) is 0 Å². The predicted molar refractivity (Wildman–Crippen MR) is 71.0 cm³/mol. The van der Waals surface area contributed by atoms with Crippen LogP contribution in [0.4, 0.5) is 0 Å². The van der Waals surface area contributed by atoms with Crippen LogP contribution < -0.4 is 10.6 Å². The molecule has 1 rings (SSSR count). The standard InChI is InChI=1S/C13H27N3O/c1-5-6-10(2)15-13(17)12(4)16-8-7-14-11(3)9-16/h10-12,14H,5-9H2,1-4H3,(H,15,17). The molecule has 3 atom stereocenters. The Kier molecular flexibility index (Phi) is 5.92. The summed E-state index contributed by atoms with van der Waals surface area (Å²) in [4.78, 5) is 14.3. The second-order valence-corrected chi connectivity index (χ2v) is 5.22. The van der Waals surface area contributed by atoms with E-state index in [0.29, 0.717) is 6.04 Å². The van der Waals surface area contributed by atoms with E-state index in [4.69, 9.17) is 0 Å². The molecule has 100 valence electrons. The molecule has 2 N–H and O–H groups in total. The highest BCUT2D eigenvalue weighted by Crippen LogP contribution is 2.05. The minimum Gasteiger partial charge on any atom is -0.352 e. The van der Waals surface area contributed by atoms with Crippen LogP contribution in [0.3, 0.4) is 0 Å². The predicted octanol–water partition coefficient (Wildman–Crippen LogP) is 0.973. The van der Waals surface area contributed by atoms with Crippen LogP contribution in [0.2, 0.25) is 0 Å². The summed E-state index contributed by atoms with van der Waals surface area (Å²) in [7, 11) is 0. The second kappa shape index (κ2) is 6.97. The van der Waals surface area contributed by atoms with Crippen LogP contribution in [-0.4, -0.2) is 48.6 Å². The van der Waals surface area contributed by atoms with E-state index in [9.17, 15) is 4.79 Å². The molecule has 1 heterocycles. The van der Waals surface area contributed by atoms with Crippen molar-refractivity contribution in [2.75, 3.05) is 19.6 Å². The maximum atomic E-state index is 12.1. The molecule has 0 aliphatic carbocycles. The van der Waals surface area contributed by atoms with Crippen LogP contribution >= 0.6 is 0 Å². The molecule has 1 aliphatic heterocycles. The van der Waals surface area contributed by atoms with Gasteiger partial charge in [0.2, 0.25) is 5.91 Å². The van der Waals surface area contributed by atoms with Gasteiger partial charge in [0.25, 0.3) is 0 Å². The molecule has 17 heavy (non-hydrogen) atoms. The molecule has 4 heteroatoms. The number of carbonyl (C=O) groups excluding carboxylic acids is 1. The number of carbonyl (C=O) groups is 1. The normalized spacial score (nSPS) is 25.3. The molecule has 0 saturated carbocycles. The third-order valence-corrected chi connectivity index (χ3v) is 3.44. The van der Waals surface area contributed by atoms with Crippen molar-refractivity contribution in [2.45, 2.75) is 58.7 Å². The lowest BCUT2D eigenvalue weighted by Gasteiger charge is -2.35. The Morgan fingerprint density at radius 2 is 2.24 bits per heavy atom. The van der Waals surface area contributed by atoms with Crippen molar-refractivity contribution in [3.8, 4) is 0 Å². The van der Waals surface area contributed by atoms with Gasteiger partial charge in [0, 0.05) is 31.7 Å². The zero-order valence-electron chi connectivity index (χ0n) is 11.6. The van der Waals surface area contributed by atoms with Crippen molar-refractivity contribution in [3.63, 3.8) is 0 Å². The third-order valence-electron chi connectivity index (χ3n) is 3.44. The molecule has 0 aromatic rings. The highest BCUT2D eigenvalue weighted by atomic mass is 16.2. The van der Waals surface area contributed by atoms with E-state index >= 15 is 0 Å². The van der Waals surface area contributed by atoms with Gasteiger partial charge in [0.15, 0.2) is 0 Å². The average molecular weight is 241 g/mol. The van der Waals surface area contributed by atoms with Gasteiger partial charge >= 0.3 is 0 Å². The molecule has 0 spiro atoms. The van der Waals surface area contributed by atoms with Crippen LogP contribution in [0.15, 0.2) is 0 Å². The summed E-state index contributed by atoms with van der Waals surface area (Å²) in [6.45, 7) is 11.3. The Labute approximate surface area is 105 Å². The summed E-state index contributed by atoms with van der Waals surface area (Å²) < 4.78 is 0. The van der Waals surface area contributed by atoms with Gasteiger partial charge in [-0.3, -0.25) is 9.69 Å². The molecule has 0 bridgehead atoms. The van der Waals surface area contributed by atoms with E-state index in [1.54, 1.807) is 0 Å². The molecule has 0 aromatic heterocycles. The molecule has 1 fully saturated rings. The second-order valence-electron chi connectivity index (χ2n) is 5.22. The van der Waals surface area contributed by atoms with Gasteiger partial charge in [-0.1, -0.05) is 13.3 Å². The molecular formula is C13H27N3O. The monoisotopic (exact) mass is 241 g/mol. The van der Waals surface area contributed by atoms with E-state index in [1.807, 2.05) is 6.92 Å². The van der Waals surface area contributed by atoms with Crippen molar-refractivity contribution in [3.05, 3.63) is 0 Å². The fraction of sp³-hybridized carbons (Fsp3) is 0.923. The number of nitrogens with zero attached hydrogens (tertiary/aromatic N) is 1. The van der Waals surface area contributed by atoms with Crippen molar-refractivity contribution < 1.29 is 4.79 Å². The number of nitrogens with one attached hydrogen (secondary N) is 2. The molecule has 0 aromatic carbocycles. The van der Waals surface area contributed by atoms with Crippen LogP contribution in [0.1, 0.15) is 40.5 Å². The molecule has 1 aliphatic rings. The number of hydrogen-bond donors (Lipinski definition) is 2. The summed E-state index contributed by atoms with van der Waals surface area (Å²) >= 11 is 0. The zero-order chi connectivity index (χ0) is 12.8. The SMILES string of the molecule is CCCC(C)NC(=O)C(C)N1CCNC(C)C1. The highest BCUT2D eigenvalue weighted by molar-refractivity contribution is 5.81. The minimum atomic E-state index is -0.0149. The van der Waals surface area contributed by atoms with Crippen molar-refractivity contribution in [2.24, 2.45) is 0 Å². The number of piperazine rings is 1. The maximum Gasteiger partial charge on any atom is 0.237 e. The Hall–Kier alpha value is -0.610. The third kappa shape index (κ3) is 4.64. The number of amides is 1. The Morgan fingerprint density at radius 1 is 1.53 bits per heavy atom. The van der Waals surface area contributed by atoms with Gasteiger partial charge in [0.1, 0.15) is 0 Å². The lowest BCUT2D eigenvalue weighted by molar-refractivity contribution is -0.126. The summed E-state index contributed by atoms with van der Waals surface area (Å²) in [6, 6.07) is 0.751. The molecule has 0 radical (unpaired) electrons. The maximum absolute atomic E-state index is 12.1. The van der Waals surface area contributed by atoms with Gasteiger partial charge in [-0.25, -0.2) is 0 Å². The van der Waals surface area contributed by atoms with Gasteiger partial charge in [0.05, 0.1) is 6.04 Å². The first kappa shape index (κ1) is 14.5. The minimum absolute atomic E-state index is 0.0149. The Bertz CT molecular complexity index is 245. The van der Waals surface area contributed by atoms with E-state index in [0.717, 1.165) is 32.5 Å². The first-order valence-electron chi connectivity index (χ1n) is 6.82. The van der Waals surface area contributed by atoms with E-state index in [-0.39, 0.29) is 18.0 Å². The van der Waals surface area contributed by atoms with E-state index in [2.05, 4.69) is 36.3 Å². The summed E-state index contributed by atoms with van der Waals surface area (Å²) in [5, 5.41) is 6.49. The average Bonchev–Trinajstić information content (AvgIpc) is 2.28. The lowest BCUT2D eigenvalue weighted by atomic mass is 10.1. The molecular weight excluding hydrogens is 214 g/mol.